The number of benzene rings is 4. The van der Waals surface area contributed by atoms with Crippen LogP contribution in [0, 0.1) is 34.3 Å². The van der Waals surface area contributed by atoms with Gasteiger partial charge in [0.2, 0.25) is 0 Å². The molecule has 2 saturated heterocycles. The summed E-state index contributed by atoms with van der Waals surface area (Å²) >= 11 is 0. The Morgan fingerprint density at radius 1 is 0.644 bits per heavy atom. The number of halogens is 2. The van der Waals surface area contributed by atoms with Crippen molar-refractivity contribution >= 4 is 0 Å². The highest BCUT2D eigenvalue weighted by atomic mass is 19.1. The summed E-state index contributed by atoms with van der Waals surface area (Å²) in [6.07, 6.45) is 7.66. The van der Waals surface area contributed by atoms with Crippen LogP contribution in [0.3, 0.4) is 0 Å². The minimum atomic E-state index is -0.601. The maximum atomic E-state index is 13.9. The Hall–Kier alpha value is -5.24. The zero-order valence-electron chi connectivity index (χ0n) is 33.6. The largest absolute Gasteiger partial charge is 0.505 e. The third-order valence-electron chi connectivity index (χ3n) is 12.5. The molecule has 8 unspecified atom stereocenters. The van der Waals surface area contributed by atoms with E-state index in [1.165, 1.54) is 25.3 Å². The van der Waals surface area contributed by atoms with Crippen molar-refractivity contribution in [2.75, 3.05) is 33.3 Å². The molecule has 4 aromatic carbocycles. The highest BCUT2D eigenvalue weighted by Gasteiger charge is 2.42. The van der Waals surface area contributed by atoms with Gasteiger partial charge >= 0.3 is 0 Å². The summed E-state index contributed by atoms with van der Waals surface area (Å²) in [5.41, 5.74) is 15.7. The first-order valence-corrected chi connectivity index (χ1v) is 20.8. The fraction of sp³-hybridized carbons (Fsp3) is 0.447. The van der Waals surface area contributed by atoms with Crippen molar-refractivity contribution < 1.29 is 28.1 Å². The van der Waals surface area contributed by atoms with Crippen LogP contribution in [-0.2, 0) is 0 Å². The van der Waals surface area contributed by atoms with Crippen LogP contribution in [0.1, 0.15) is 85.5 Å². The number of piperidine rings is 2. The van der Waals surface area contributed by atoms with Gasteiger partial charge in [0.15, 0.2) is 23.1 Å². The predicted molar refractivity (Wildman–Crippen MR) is 221 cm³/mol. The quantitative estimate of drug-likeness (QED) is 0.157. The van der Waals surface area contributed by atoms with E-state index in [-0.39, 0.29) is 65.5 Å². The van der Waals surface area contributed by atoms with E-state index in [1.54, 1.807) is 30.3 Å². The molecule has 8 atom stereocenters. The molecule has 5 N–H and O–H groups in total. The first-order valence-electron chi connectivity index (χ1n) is 20.8. The Labute approximate surface area is 345 Å². The molecule has 4 aliphatic rings. The molecule has 8 rings (SSSR count). The number of likely N-dealkylation sites (tertiary alicyclic amines) is 2. The number of nitrogens with two attached hydrogens (primary N) is 2. The van der Waals surface area contributed by atoms with E-state index in [4.69, 9.17) is 36.2 Å². The summed E-state index contributed by atoms with van der Waals surface area (Å²) in [6, 6.07) is 29.2. The standard InChI is InChI=1S/C24H28FN3O2.C23H26FN3O2/c1-29-23-12-17(6-9-21(23)25)18-11-22(28-10-2-3-19(27)15-28)24(13-18)30-20-7-4-16(14-26)5-8-20;24-20-8-5-16(11-22(20)28)17-10-21(27-9-1-2-18(26)14-27)23(12-17)29-19-6-3-15(13-25)4-7-19/h4-9,12,18-19,22,24H,2-3,10-11,13,15,27H2,1H3;3-8,11,17-18,21,23,28H,1-2,9-10,12,14,26H2. The lowest BCUT2D eigenvalue weighted by Gasteiger charge is -2.38. The normalized spacial score (nSPS) is 27.2. The highest BCUT2D eigenvalue weighted by molar-refractivity contribution is 5.37. The van der Waals surface area contributed by atoms with Gasteiger partial charge in [0, 0.05) is 37.3 Å². The predicted octanol–water partition coefficient (Wildman–Crippen LogP) is 7.34. The van der Waals surface area contributed by atoms with Crippen LogP contribution in [0.25, 0.3) is 0 Å². The Balaban J connectivity index is 0.000000179. The summed E-state index contributed by atoms with van der Waals surface area (Å²) < 4.78 is 45.4. The Bertz CT molecular complexity index is 2110. The number of phenols is 1. The molecule has 12 heteroatoms. The topological polar surface area (TPSA) is 154 Å². The molecule has 2 aliphatic heterocycles. The van der Waals surface area contributed by atoms with E-state index < -0.39 is 5.82 Å². The zero-order chi connectivity index (χ0) is 41.5. The molecule has 2 heterocycles. The number of rotatable bonds is 9. The van der Waals surface area contributed by atoms with Crippen molar-refractivity contribution in [1.82, 2.24) is 9.80 Å². The van der Waals surface area contributed by atoms with Crippen molar-refractivity contribution in [3.8, 4) is 35.1 Å². The third-order valence-corrected chi connectivity index (χ3v) is 12.5. The monoisotopic (exact) mass is 804 g/mol. The number of hydrogen-bond acceptors (Lipinski definition) is 10. The van der Waals surface area contributed by atoms with Crippen molar-refractivity contribution in [3.05, 3.63) is 119 Å². The van der Waals surface area contributed by atoms with Crippen molar-refractivity contribution in [1.29, 1.82) is 10.5 Å². The molecule has 2 saturated carbocycles. The minimum Gasteiger partial charge on any atom is -0.505 e. The lowest BCUT2D eigenvalue weighted by atomic mass is 9.96. The number of phenolic OH excluding ortho intramolecular Hbond substituents is 1. The third kappa shape index (κ3) is 10.3. The van der Waals surface area contributed by atoms with E-state index >= 15 is 0 Å². The Morgan fingerprint density at radius 3 is 1.53 bits per heavy atom. The average Bonchev–Trinajstić information content (AvgIpc) is 3.87. The van der Waals surface area contributed by atoms with Crippen LogP contribution in [-0.4, -0.2) is 84.6 Å². The Kier molecular flexibility index (Phi) is 13.6. The van der Waals surface area contributed by atoms with Gasteiger partial charge in [0.05, 0.1) is 30.4 Å². The Morgan fingerprint density at radius 2 is 1.10 bits per heavy atom. The maximum Gasteiger partial charge on any atom is 0.165 e. The first kappa shape index (κ1) is 41.9. The SMILES string of the molecule is COc1cc(C2CC(Oc3ccc(C#N)cc3)C(N3CCCC(N)C3)C2)ccc1F.N#Cc1ccc(OC2CC(c3ccc(F)c(O)c3)CC2N2CCCC(N)C2)cc1. The average molecular weight is 805 g/mol. The van der Waals surface area contributed by atoms with Crippen LogP contribution in [0.4, 0.5) is 8.78 Å². The number of hydrogen-bond donors (Lipinski definition) is 3. The summed E-state index contributed by atoms with van der Waals surface area (Å²) in [5, 5.41) is 27.8. The van der Waals surface area contributed by atoms with Gasteiger partial charge in [0.25, 0.3) is 0 Å². The van der Waals surface area contributed by atoms with Gasteiger partial charge in [-0.05, 0) is 160 Å². The van der Waals surface area contributed by atoms with E-state index in [9.17, 15) is 13.9 Å². The summed E-state index contributed by atoms with van der Waals surface area (Å²) in [5.74, 6) is 0.958. The van der Waals surface area contributed by atoms with Crippen molar-refractivity contribution in [2.24, 2.45) is 11.5 Å². The lowest BCUT2D eigenvalue weighted by Crippen LogP contribution is -2.51. The molecular formula is C47H54F2N6O4. The first-order chi connectivity index (χ1) is 28.6. The number of nitrogens with zero attached hydrogens (tertiary/aromatic N) is 4. The summed E-state index contributed by atoms with van der Waals surface area (Å²) in [7, 11) is 1.49. The molecule has 4 fully saturated rings. The van der Waals surface area contributed by atoms with Gasteiger partial charge in [-0.2, -0.15) is 10.5 Å². The zero-order valence-corrected chi connectivity index (χ0v) is 33.6. The number of methoxy groups -OCH3 is 1. The second kappa shape index (κ2) is 19.2. The van der Waals surface area contributed by atoms with E-state index in [0.717, 1.165) is 100 Å². The van der Waals surface area contributed by atoms with Gasteiger partial charge in [0.1, 0.15) is 23.7 Å². The van der Waals surface area contributed by atoms with Crippen LogP contribution in [0.2, 0.25) is 0 Å². The number of aromatic hydroxyl groups is 1. The molecule has 59 heavy (non-hydrogen) atoms. The number of ether oxygens (including phenoxy) is 3. The van der Waals surface area contributed by atoms with E-state index in [0.29, 0.717) is 11.1 Å². The van der Waals surface area contributed by atoms with E-state index in [2.05, 4.69) is 21.9 Å². The maximum absolute atomic E-state index is 13.9. The minimum absolute atomic E-state index is 0.00397. The molecular weight excluding hydrogens is 751 g/mol. The van der Waals surface area contributed by atoms with Crippen LogP contribution in [0.15, 0.2) is 84.9 Å². The highest BCUT2D eigenvalue weighted by Crippen LogP contribution is 2.42. The molecule has 0 radical (unpaired) electrons. The van der Waals surface area contributed by atoms with Gasteiger partial charge in [-0.25, -0.2) is 8.78 Å². The van der Waals surface area contributed by atoms with Gasteiger partial charge in [-0.3, -0.25) is 9.80 Å². The number of nitriles is 2. The second-order valence-corrected chi connectivity index (χ2v) is 16.5. The molecule has 0 amide bonds. The van der Waals surface area contributed by atoms with E-state index in [1.807, 2.05) is 36.4 Å². The molecule has 10 nitrogen and oxygen atoms in total. The molecule has 0 aromatic heterocycles. The summed E-state index contributed by atoms with van der Waals surface area (Å²) in [4.78, 5) is 4.88. The molecule has 310 valence electrons. The van der Waals surface area contributed by atoms with Crippen LogP contribution in [0.5, 0.6) is 23.0 Å². The van der Waals surface area contributed by atoms with Crippen LogP contribution < -0.4 is 25.7 Å². The molecule has 0 spiro atoms. The smallest absolute Gasteiger partial charge is 0.165 e. The summed E-state index contributed by atoms with van der Waals surface area (Å²) in [6.45, 7) is 3.73. The van der Waals surface area contributed by atoms with Crippen LogP contribution >= 0.6 is 0 Å². The lowest BCUT2D eigenvalue weighted by molar-refractivity contribution is 0.0681. The fourth-order valence-electron chi connectivity index (χ4n) is 9.48. The van der Waals surface area contributed by atoms with Gasteiger partial charge < -0.3 is 30.8 Å². The molecule has 2 aliphatic carbocycles. The molecule has 0 bridgehead atoms. The van der Waals surface area contributed by atoms with Crippen molar-refractivity contribution in [2.45, 2.75) is 99.6 Å². The fourth-order valence-corrected chi connectivity index (χ4v) is 9.48. The van der Waals surface area contributed by atoms with Crippen molar-refractivity contribution in [3.63, 3.8) is 0 Å². The molecule has 4 aromatic rings. The van der Waals surface area contributed by atoms with Gasteiger partial charge in [-0.15, -0.1) is 0 Å². The second-order valence-electron chi connectivity index (χ2n) is 16.5. The van der Waals surface area contributed by atoms with Gasteiger partial charge in [-0.1, -0.05) is 12.1 Å².